The number of thioether (sulfide) groups is 1. The third kappa shape index (κ3) is 5.08. The van der Waals surface area contributed by atoms with E-state index in [2.05, 4.69) is 84.3 Å². The predicted octanol–water partition coefficient (Wildman–Crippen LogP) is 5.14. The zero-order valence-electron chi connectivity index (χ0n) is 20.8. The minimum atomic E-state index is -0.0834. The van der Waals surface area contributed by atoms with E-state index in [1.165, 1.54) is 11.1 Å². The Balaban J connectivity index is 1.73. The maximum Gasteiger partial charge on any atom is 0.227 e. The number of benzene rings is 2. The number of nitrogens with zero attached hydrogens (tertiary/aromatic N) is 4. The summed E-state index contributed by atoms with van der Waals surface area (Å²) in [5, 5.41) is 8.45. The molecule has 1 aliphatic rings. The number of hydrogen-bond acceptors (Lipinski definition) is 7. The van der Waals surface area contributed by atoms with Crippen LogP contribution in [0.25, 0.3) is 6.08 Å². The van der Waals surface area contributed by atoms with Crippen LogP contribution in [-0.4, -0.2) is 60.7 Å². The number of aromatic nitrogens is 3. The van der Waals surface area contributed by atoms with Crippen LogP contribution in [0.15, 0.2) is 47.3 Å². The van der Waals surface area contributed by atoms with Gasteiger partial charge >= 0.3 is 0 Å². The van der Waals surface area contributed by atoms with Crippen LogP contribution in [0.4, 0.5) is 5.95 Å². The van der Waals surface area contributed by atoms with Crippen molar-refractivity contribution in [2.75, 3.05) is 45.5 Å². The molecule has 1 unspecified atom stereocenters. The van der Waals surface area contributed by atoms with Crippen molar-refractivity contribution in [1.29, 1.82) is 0 Å². The molecule has 0 spiro atoms. The smallest absolute Gasteiger partial charge is 0.227 e. The first-order valence-electron chi connectivity index (χ1n) is 11.4. The summed E-state index contributed by atoms with van der Waals surface area (Å²) in [6, 6.07) is 12.7. The van der Waals surface area contributed by atoms with Gasteiger partial charge in [-0.2, -0.15) is 4.98 Å². The quantitative estimate of drug-likeness (QED) is 0.336. The molecule has 4 rings (SSSR count). The van der Waals surface area contributed by atoms with Crippen LogP contribution in [-0.2, 0) is 0 Å². The number of aromatic amines is 1. The second-order valence-electron chi connectivity index (χ2n) is 8.75. The fourth-order valence-electron chi connectivity index (χ4n) is 4.23. The summed E-state index contributed by atoms with van der Waals surface area (Å²) in [6.45, 7) is 5.26. The molecule has 7 nitrogen and oxygen atoms in total. The van der Waals surface area contributed by atoms with Crippen LogP contribution in [0.3, 0.4) is 0 Å². The van der Waals surface area contributed by atoms with E-state index in [4.69, 9.17) is 14.5 Å². The Hall–Kier alpha value is -2.97. The molecule has 1 N–H and O–H groups in total. The zero-order valence-corrected chi connectivity index (χ0v) is 21.6. The first kappa shape index (κ1) is 24.2. The Kier molecular flexibility index (Phi) is 7.48. The molecular formula is C26H33N5O2S. The van der Waals surface area contributed by atoms with Gasteiger partial charge in [0.2, 0.25) is 11.1 Å². The van der Waals surface area contributed by atoms with Crippen LogP contribution in [0.2, 0.25) is 0 Å². The Morgan fingerprint density at radius 3 is 2.44 bits per heavy atom. The highest BCUT2D eigenvalue weighted by Crippen LogP contribution is 2.44. The normalized spacial score (nSPS) is 15.3. The zero-order chi connectivity index (χ0) is 24.2. The molecule has 0 aliphatic carbocycles. The van der Waals surface area contributed by atoms with E-state index in [1.807, 2.05) is 6.07 Å². The van der Waals surface area contributed by atoms with Crippen molar-refractivity contribution in [3.8, 4) is 11.5 Å². The molecule has 2 aromatic carbocycles. The van der Waals surface area contributed by atoms with Crippen molar-refractivity contribution >= 4 is 23.8 Å². The number of ether oxygens (including phenoxy) is 2. The summed E-state index contributed by atoms with van der Waals surface area (Å²) < 4.78 is 11.2. The molecule has 34 heavy (non-hydrogen) atoms. The number of allylic oxidation sites excluding steroid dienone is 1. The van der Waals surface area contributed by atoms with Gasteiger partial charge in [-0.25, -0.2) is 5.10 Å². The minimum absolute atomic E-state index is 0.0834. The molecule has 0 saturated carbocycles. The van der Waals surface area contributed by atoms with E-state index in [1.54, 1.807) is 26.0 Å². The number of nitrogens with one attached hydrogen (secondary N) is 1. The van der Waals surface area contributed by atoms with Crippen molar-refractivity contribution < 1.29 is 9.47 Å². The standard InChI is InChI=1S/C26H33N5O2S/c1-17-8-10-19(11-9-17)24-21-16-23(33-6)22(32-5)15-20(21)14-18(2)31(24)25-27-26(29-28-25)34-13-7-12-30(3)4/h8-11,14-16,24H,7,12-13H2,1-6H3,(H,27,28,29). The van der Waals surface area contributed by atoms with Gasteiger partial charge in [0.05, 0.1) is 20.3 Å². The highest BCUT2D eigenvalue weighted by molar-refractivity contribution is 7.99. The first-order valence-corrected chi connectivity index (χ1v) is 12.4. The van der Waals surface area contributed by atoms with Crippen molar-refractivity contribution in [3.63, 3.8) is 0 Å². The Morgan fingerprint density at radius 1 is 1.06 bits per heavy atom. The Morgan fingerprint density at radius 2 is 1.76 bits per heavy atom. The monoisotopic (exact) mass is 479 g/mol. The lowest BCUT2D eigenvalue weighted by Gasteiger charge is -2.37. The molecule has 2 heterocycles. The molecule has 8 heteroatoms. The number of hydrogen-bond donors (Lipinski definition) is 1. The fourth-order valence-corrected chi connectivity index (χ4v) is 4.95. The molecule has 0 amide bonds. The molecule has 0 fully saturated rings. The predicted molar refractivity (Wildman–Crippen MR) is 139 cm³/mol. The van der Waals surface area contributed by atoms with Gasteiger partial charge in [0.25, 0.3) is 0 Å². The topological polar surface area (TPSA) is 66.5 Å². The summed E-state index contributed by atoms with van der Waals surface area (Å²) in [6.07, 6.45) is 3.25. The second-order valence-corrected chi connectivity index (χ2v) is 9.81. The van der Waals surface area contributed by atoms with Crippen molar-refractivity contribution in [1.82, 2.24) is 20.1 Å². The minimum Gasteiger partial charge on any atom is -0.493 e. The van der Waals surface area contributed by atoms with E-state index in [0.717, 1.165) is 52.4 Å². The molecule has 0 saturated heterocycles. The summed E-state index contributed by atoms with van der Waals surface area (Å²) in [7, 11) is 7.52. The van der Waals surface area contributed by atoms with Gasteiger partial charge in [-0.15, -0.1) is 5.10 Å². The summed E-state index contributed by atoms with van der Waals surface area (Å²) in [5.74, 6) is 3.14. The number of H-pyrrole nitrogens is 1. The van der Waals surface area contributed by atoms with Gasteiger partial charge in [-0.05, 0) is 75.8 Å². The summed E-state index contributed by atoms with van der Waals surface area (Å²) in [4.78, 5) is 9.27. The van der Waals surface area contributed by atoms with Gasteiger partial charge < -0.3 is 19.3 Å². The van der Waals surface area contributed by atoms with Gasteiger partial charge in [0.15, 0.2) is 11.5 Å². The van der Waals surface area contributed by atoms with Gasteiger partial charge in [-0.3, -0.25) is 0 Å². The van der Waals surface area contributed by atoms with Crippen LogP contribution in [0.5, 0.6) is 11.5 Å². The third-order valence-electron chi connectivity index (χ3n) is 5.94. The SMILES string of the molecule is COc1cc2c(cc1OC)C(c1ccc(C)cc1)N(c1nc(SCCCN(C)C)n[nH]1)C(C)=C2. The van der Waals surface area contributed by atoms with Gasteiger partial charge in [0.1, 0.15) is 0 Å². The molecule has 1 aromatic heterocycles. The van der Waals surface area contributed by atoms with Crippen molar-refractivity contribution in [3.05, 3.63) is 64.3 Å². The third-order valence-corrected chi connectivity index (χ3v) is 6.88. The molecule has 0 bridgehead atoms. The maximum atomic E-state index is 5.64. The van der Waals surface area contributed by atoms with E-state index in [0.29, 0.717) is 5.75 Å². The summed E-state index contributed by atoms with van der Waals surface area (Å²) >= 11 is 1.68. The van der Waals surface area contributed by atoms with Crippen LogP contribution in [0.1, 0.15) is 41.6 Å². The number of anilines is 1. The first-order chi connectivity index (χ1) is 16.4. The number of rotatable bonds is 9. The van der Waals surface area contributed by atoms with Gasteiger partial charge in [0, 0.05) is 11.4 Å². The average Bonchev–Trinajstić information content (AvgIpc) is 3.29. The lowest BCUT2D eigenvalue weighted by Crippen LogP contribution is -2.32. The molecule has 1 aliphatic heterocycles. The second kappa shape index (κ2) is 10.5. The van der Waals surface area contributed by atoms with Crippen molar-refractivity contribution in [2.24, 2.45) is 0 Å². The molecule has 180 valence electrons. The van der Waals surface area contributed by atoms with E-state index < -0.39 is 0 Å². The van der Waals surface area contributed by atoms with E-state index >= 15 is 0 Å². The number of aryl methyl sites for hydroxylation is 1. The van der Waals surface area contributed by atoms with Crippen molar-refractivity contribution in [2.45, 2.75) is 31.5 Å². The Labute approximate surface area is 206 Å². The lowest BCUT2D eigenvalue weighted by molar-refractivity contribution is 0.354. The van der Waals surface area contributed by atoms with Crippen LogP contribution >= 0.6 is 11.8 Å². The molecule has 3 aromatic rings. The largest absolute Gasteiger partial charge is 0.493 e. The molecular weight excluding hydrogens is 446 g/mol. The highest BCUT2D eigenvalue weighted by Gasteiger charge is 2.32. The highest BCUT2D eigenvalue weighted by atomic mass is 32.2. The van der Waals surface area contributed by atoms with Gasteiger partial charge in [-0.1, -0.05) is 41.6 Å². The van der Waals surface area contributed by atoms with E-state index in [-0.39, 0.29) is 6.04 Å². The number of fused-ring (bicyclic) bond motifs is 1. The summed E-state index contributed by atoms with van der Waals surface area (Å²) in [5.41, 5.74) is 5.70. The number of methoxy groups -OCH3 is 2. The lowest BCUT2D eigenvalue weighted by atomic mass is 9.88. The Bertz CT molecular complexity index is 1160. The fraction of sp³-hybridized carbons (Fsp3) is 0.385. The van der Waals surface area contributed by atoms with Crippen LogP contribution < -0.4 is 14.4 Å². The average molecular weight is 480 g/mol. The van der Waals surface area contributed by atoms with E-state index in [9.17, 15) is 0 Å². The molecule has 0 radical (unpaired) electrons. The maximum absolute atomic E-state index is 5.64. The molecule has 1 atom stereocenters. The van der Waals surface area contributed by atoms with Crippen LogP contribution in [0, 0.1) is 6.92 Å².